The number of halogens is 1. The summed E-state index contributed by atoms with van der Waals surface area (Å²) in [5.41, 5.74) is 2.51. The molecule has 1 atom stereocenters. The van der Waals surface area contributed by atoms with Crippen molar-refractivity contribution >= 4 is 21.6 Å². The fraction of sp³-hybridized carbons (Fsp3) is 0.600. The summed E-state index contributed by atoms with van der Waals surface area (Å²) >= 11 is 3.59. The van der Waals surface area contributed by atoms with Gasteiger partial charge in [0.15, 0.2) is 0 Å². The van der Waals surface area contributed by atoms with Crippen LogP contribution in [0.15, 0.2) is 22.7 Å². The first kappa shape index (κ1) is 13.9. The van der Waals surface area contributed by atoms with E-state index in [1.54, 1.807) is 0 Å². The smallest absolute Gasteiger partial charge is 0.0353 e. The average Bonchev–Trinajstić information content (AvgIpc) is 2.34. The van der Waals surface area contributed by atoms with Crippen molar-refractivity contribution in [1.82, 2.24) is 4.90 Å². The van der Waals surface area contributed by atoms with Crippen molar-refractivity contribution in [3.63, 3.8) is 0 Å². The highest BCUT2D eigenvalue weighted by Gasteiger charge is 2.22. The van der Waals surface area contributed by atoms with Crippen LogP contribution in [0.3, 0.4) is 0 Å². The Kier molecular flexibility index (Phi) is 4.68. The van der Waals surface area contributed by atoms with Crippen LogP contribution in [0.1, 0.15) is 25.3 Å². The molecular weight excluding hydrogens is 288 g/mol. The van der Waals surface area contributed by atoms with Gasteiger partial charge >= 0.3 is 0 Å². The maximum Gasteiger partial charge on any atom is 0.0353 e. The summed E-state index contributed by atoms with van der Waals surface area (Å²) in [7, 11) is 2.21. The van der Waals surface area contributed by atoms with Gasteiger partial charge in [-0.1, -0.05) is 22.0 Å². The second-order valence-corrected chi connectivity index (χ2v) is 6.39. The Bertz CT molecular complexity index is 397. The zero-order valence-electron chi connectivity index (χ0n) is 11.5. The number of aryl methyl sites for hydroxylation is 1. The molecule has 1 fully saturated rings. The number of anilines is 1. The standard InChI is InChI=1S/C15H23BrN2/c1-11-4-5-14(10-15(11)16)17-12(2)13-6-8-18(3)9-7-13/h4-5,10,12-13,17H,6-9H2,1-3H3. The highest BCUT2D eigenvalue weighted by atomic mass is 79.9. The monoisotopic (exact) mass is 310 g/mol. The topological polar surface area (TPSA) is 15.3 Å². The second-order valence-electron chi connectivity index (χ2n) is 5.54. The first-order valence-electron chi connectivity index (χ1n) is 6.77. The van der Waals surface area contributed by atoms with E-state index in [2.05, 4.69) is 65.2 Å². The van der Waals surface area contributed by atoms with E-state index in [1.807, 2.05) is 0 Å². The Labute approximate surface area is 119 Å². The molecule has 1 aromatic rings. The molecule has 1 N–H and O–H groups in total. The molecule has 0 saturated carbocycles. The minimum Gasteiger partial charge on any atom is -0.382 e. The van der Waals surface area contributed by atoms with Crippen molar-refractivity contribution in [3.05, 3.63) is 28.2 Å². The van der Waals surface area contributed by atoms with E-state index in [0.29, 0.717) is 6.04 Å². The van der Waals surface area contributed by atoms with E-state index in [0.717, 1.165) is 5.92 Å². The predicted molar refractivity (Wildman–Crippen MR) is 82.2 cm³/mol. The Hall–Kier alpha value is -0.540. The highest BCUT2D eigenvalue weighted by molar-refractivity contribution is 9.10. The molecule has 0 bridgehead atoms. The summed E-state index contributed by atoms with van der Waals surface area (Å²) in [6.45, 7) is 6.89. The molecule has 3 heteroatoms. The van der Waals surface area contributed by atoms with Crippen molar-refractivity contribution in [3.8, 4) is 0 Å². The van der Waals surface area contributed by atoms with E-state index in [4.69, 9.17) is 0 Å². The van der Waals surface area contributed by atoms with Gasteiger partial charge in [0.1, 0.15) is 0 Å². The maximum atomic E-state index is 3.65. The van der Waals surface area contributed by atoms with Crippen LogP contribution in [-0.4, -0.2) is 31.1 Å². The van der Waals surface area contributed by atoms with E-state index < -0.39 is 0 Å². The number of likely N-dealkylation sites (tertiary alicyclic amines) is 1. The third-order valence-corrected chi connectivity index (χ3v) is 4.89. The molecule has 1 aromatic carbocycles. The van der Waals surface area contributed by atoms with Gasteiger partial charge in [0.05, 0.1) is 0 Å². The fourth-order valence-electron chi connectivity index (χ4n) is 2.59. The van der Waals surface area contributed by atoms with Crippen LogP contribution in [0.5, 0.6) is 0 Å². The van der Waals surface area contributed by atoms with Crippen molar-refractivity contribution in [2.24, 2.45) is 5.92 Å². The number of rotatable bonds is 3. The lowest BCUT2D eigenvalue weighted by Crippen LogP contribution is -2.37. The first-order chi connectivity index (χ1) is 8.56. The van der Waals surface area contributed by atoms with Gasteiger partial charge in [-0.3, -0.25) is 0 Å². The first-order valence-corrected chi connectivity index (χ1v) is 7.57. The van der Waals surface area contributed by atoms with E-state index >= 15 is 0 Å². The summed E-state index contributed by atoms with van der Waals surface area (Å²) in [6.07, 6.45) is 2.61. The predicted octanol–water partition coefficient (Wildman–Crippen LogP) is 3.90. The SMILES string of the molecule is Cc1ccc(NC(C)C2CCN(C)CC2)cc1Br. The minimum absolute atomic E-state index is 0.549. The van der Waals surface area contributed by atoms with Crippen LogP contribution in [0.4, 0.5) is 5.69 Å². The molecule has 0 aromatic heterocycles. The third-order valence-electron chi connectivity index (χ3n) is 4.04. The fourth-order valence-corrected chi connectivity index (χ4v) is 2.97. The molecule has 0 radical (unpaired) electrons. The normalized spacial score (nSPS) is 19.8. The summed E-state index contributed by atoms with van der Waals surface area (Å²) in [5, 5.41) is 3.65. The summed E-state index contributed by atoms with van der Waals surface area (Å²) in [5.74, 6) is 0.793. The zero-order valence-corrected chi connectivity index (χ0v) is 13.1. The van der Waals surface area contributed by atoms with Crippen LogP contribution in [0.25, 0.3) is 0 Å². The van der Waals surface area contributed by atoms with Gasteiger partial charge in [0.25, 0.3) is 0 Å². The number of nitrogens with one attached hydrogen (secondary N) is 1. The van der Waals surface area contributed by atoms with Gasteiger partial charge in [-0.05, 0) is 70.4 Å². The van der Waals surface area contributed by atoms with Crippen molar-refractivity contribution < 1.29 is 0 Å². The zero-order chi connectivity index (χ0) is 13.1. The van der Waals surface area contributed by atoms with Gasteiger partial charge in [-0.15, -0.1) is 0 Å². The molecule has 1 aliphatic rings. The van der Waals surface area contributed by atoms with Gasteiger partial charge in [-0.2, -0.15) is 0 Å². The molecule has 1 heterocycles. The third kappa shape index (κ3) is 3.48. The highest BCUT2D eigenvalue weighted by Crippen LogP contribution is 2.25. The Balaban J connectivity index is 1.94. The summed E-state index contributed by atoms with van der Waals surface area (Å²) in [4.78, 5) is 2.42. The molecule has 2 rings (SSSR count). The molecule has 2 nitrogen and oxygen atoms in total. The lowest BCUT2D eigenvalue weighted by Gasteiger charge is -2.33. The Morgan fingerprint density at radius 2 is 2.00 bits per heavy atom. The van der Waals surface area contributed by atoms with Crippen LogP contribution in [0.2, 0.25) is 0 Å². The molecule has 100 valence electrons. The summed E-state index contributed by atoms with van der Waals surface area (Å²) < 4.78 is 1.18. The van der Waals surface area contributed by atoms with Crippen LogP contribution >= 0.6 is 15.9 Å². The largest absolute Gasteiger partial charge is 0.382 e. The lowest BCUT2D eigenvalue weighted by molar-refractivity contribution is 0.208. The number of nitrogens with zero attached hydrogens (tertiary/aromatic N) is 1. The van der Waals surface area contributed by atoms with Gasteiger partial charge < -0.3 is 10.2 Å². The molecule has 0 aliphatic carbocycles. The number of hydrogen-bond donors (Lipinski definition) is 1. The maximum absolute atomic E-state index is 3.65. The average molecular weight is 311 g/mol. The van der Waals surface area contributed by atoms with E-state index in [-0.39, 0.29) is 0 Å². The molecule has 1 aliphatic heterocycles. The Morgan fingerprint density at radius 1 is 1.33 bits per heavy atom. The molecule has 1 saturated heterocycles. The van der Waals surface area contributed by atoms with Crippen LogP contribution in [-0.2, 0) is 0 Å². The van der Waals surface area contributed by atoms with Crippen LogP contribution in [0, 0.1) is 12.8 Å². The van der Waals surface area contributed by atoms with Gasteiger partial charge in [-0.25, -0.2) is 0 Å². The molecule has 0 spiro atoms. The van der Waals surface area contributed by atoms with Gasteiger partial charge in [0.2, 0.25) is 0 Å². The number of hydrogen-bond acceptors (Lipinski definition) is 2. The lowest BCUT2D eigenvalue weighted by atomic mass is 9.90. The number of piperidine rings is 1. The van der Waals surface area contributed by atoms with Crippen LogP contribution < -0.4 is 5.32 Å². The van der Waals surface area contributed by atoms with Crippen molar-refractivity contribution in [1.29, 1.82) is 0 Å². The quantitative estimate of drug-likeness (QED) is 0.911. The molecule has 18 heavy (non-hydrogen) atoms. The molecule has 1 unspecified atom stereocenters. The number of benzene rings is 1. The van der Waals surface area contributed by atoms with E-state index in [9.17, 15) is 0 Å². The Morgan fingerprint density at radius 3 is 2.61 bits per heavy atom. The van der Waals surface area contributed by atoms with E-state index in [1.165, 1.54) is 41.7 Å². The van der Waals surface area contributed by atoms with Crippen molar-refractivity contribution in [2.45, 2.75) is 32.7 Å². The van der Waals surface area contributed by atoms with Crippen molar-refractivity contribution in [2.75, 3.05) is 25.5 Å². The molecule has 0 amide bonds. The van der Waals surface area contributed by atoms with Gasteiger partial charge in [0, 0.05) is 16.2 Å². The molecular formula is C15H23BrN2. The minimum atomic E-state index is 0.549. The second kappa shape index (κ2) is 6.07. The summed E-state index contributed by atoms with van der Waals surface area (Å²) in [6, 6.07) is 7.06.